The zero-order valence-electron chi connectivity index (χ0n) is 11.5. The number of fused-ring (bicyclic) bond motifs is 2. The average Bonchev–Trinajstić information content (AvgIpc) is 2.91. The van der Waals surface area contributed by atoms with Gasteiger partial charge in [0.25, 0.3) is 0 Å². The number of para-hydroxylation sites is 1. The standard InChI is InChI=1S/C16H15N3O2/c17-13-8-16-15(20-5-6-21-16)7-12(13)10-19-14-4-2-1-3-11(14)9-18-19/h1-4,7-9H,5-6,10,17H2. The van der Waals surface area contributed by atoms with Gasteiger partial charge in [-0.3, -0.25) is 4.68 Å². The number of nitrogens with two attached hydrogens (primary N) is 1. The van der Waals surface area contributed by atoms with Crippen molar-refractivity contribution in [3.63, 3.8) is 0 Å². The molecule has 0 aliphatic carbocycles. The second kappa shape index (κ2) is 4.70. The predicted octanol–water partition coefficient (Wildman–Crippen LogP) is 2.44. The average molecular weight is 281 g/mol. The first kappa shape index (κ1) is 12.1. The van der Waals surface area contributed by atoms with E-state index in [0.717, 1.165) is 22.2 Å². The Hall–Kier alpha value is -2.69. The van der Waals surface area contributed by atoms with Crippen LogP contribution in [-0.2, 0) is 6.54 Å². The van der Waals surface area contributed by atoms with Crippen LogP contribution in [0.25, 0.3) is 10.9 Å². The van der Waals surface area contributed by atoms with Gasteiger partial charge in [-0.2, -0.15) is 5.10 Å². The summed E-state index contributed by atoms with van der Waals surface area (Å²) in [6, 6.07) is 11.9. The summed E-state index contributed by atoms with van der Waals surface area (Å²) in [6.45, 7) is 1.74. The minimum absolute atomic E-state index is 0.565. The van der Waals surface area contributed by atoms with Crippen molar-refractivity contribution in [1.29, 1.82) is 0 Å². The van der Waals surface area contributed by atoms with Crippen molar-refractivity contribution in [2.24, 2.45) is 0 Å². The Kier molecular flexibility index (Phi) is 2.70. The fraction of sp³-hybridized carbons (Fsp3) is 0.188. The van der Waals surface area contributed by atoms with Crippen LogP contribution in [0.15, 0.2) is 42.6 Å². The maximum atomic E-state index is 6.13. The summed E-state index contributed by atoms with van der Waals surface area (Å²) in [5, 5.41) is 5.55. The molecule has 2 N–H and O–H groups in total. The number of aromatic nitrogens is 2. The van der Waals surface area contributed by atoms with E-state index in [1.54, 1.807) is 0 Å². The first-order valence-electron chi connectivity index (χ1n) is 6.90. The summed E-state index contributed by atoms with van der Waals surface area (Å²) in [6.07, 6.45) is 1.86. The molecule has 1 aliphatic rings. The number of benzene rings is 2. The van der Waals surface area contributed by atoms with Crippen LogP contribution >= 0.6 is 0 Å². The molecule has 0 saturated heterocycles. The van der Waals surface area contributed by atoms with Crippen molar-refractivity contribution in [3.05, 3.63) is 48.2 Å². The van der Waals surface area contributed by atoms with Crippen LogP contribution in [0, 0.1) is 0 Å². The van der Waals surface area contributed by atoms with E-state index in [2.05, 4.69) is 11.2 Å². The zero-order valence-corrected chi connectivity index (χ0v) is 11.5. The summed E-state index contributed by atoms with van der Waals surface area (Å²) in [5.74, 6) is 1.47. The highest BCUT2D eigenvalue weighted by Crippen LogP contribution is 2.34. The molecule has 0 radical (unpaired) electrons. The number of nitrogens with zero attached hydrogens (tertiary/aromatic N) is 2. The molecule has 106 valence electrons. The molecule has 3 aromatic rings. The highest BCUT2D eigenvalue weighted by Gasteiger charge is 2.15. The molecule has 0 unspecified atom stereocenters. The van der Waals surface area contributed by atoms with E-state index in [-0.39, 0.29) is 0 Å². The highest BCUT2D eigenvalue weighted by molar-refractivity contribution is 5.78. The third kappa shape index (κ3) is 2.07. The fourth-order valence-corrected chi connectivity index (χ4v) is 2.60. The SMILES string of the molecule is Nc1cc2c(cc1Cn1ncc3ccccc31)OCCO2. The predicted molar refractivity (Wildman–Crippen MR) is 80.7 cm³/mol. The lowest BCUT2D eigenvalue weighted by atomic mass is 10.1. The van der Waals surface area contributed by atoms with E-state index < -0.39 is 0 Å². The second-order valence-corrected chi connectivity index (χ2v) is 5.06. The first-order chi connectivity index (χ1) is 10.3. The zero-order chi connectivity index (χ0) is 14.2. The Labute approximate surface area is 121 Å². The number of hydrogen-bond donors (Lipinski definition) is 1. The summed E-state index contributed by atoms with van der Waals surface area (Å²) in [5.41, 5.74) is 8.89. The Morgan fingerprint density at radius 1 is 1.10 bits per heavy atom. The lowest BCUT2D eigenvalue weighted by Gasteiger charge is -2.20. The quantitative estimate of drug-likeness (QED) is 0.733. The van der Waals surface area contributed by atoms with Gasteiger partial charge in [0.2, 0.25) is 0 Å². The molecular weight excluding hydrogens is 266 g/mol. The molecule has 5 heteroatoms. The topological polar surface area (TPSA) is 62.3 Å². The van der Waals surface area contributed by atoms with E-state index in [4.69, 9.17) is 15.2 Å². The number of nitrogen functional groups attached to an aromatic ring is 1. The van der Waals surface area contributed by atoms with Crippen molar-refractivity contribution in [1.82, 2.24) is 9.78 Å². The largest absolute Gasteiger partial charge is 0.486 e. The minimum Gasteiger partial charge on any atom is -0.486 e. The van der Waals surface area contributed by atoms with Crippen molar-refractivity contribution in [2.75, 3.05) is 18.9 Å². The van der Waals surface area contributed by atoms with Gasteiger partial charge in [0.15, 0.2) is 11.5 Å². The molecule has 21 heavy (non-hydrogen) atoms. The molecule has 2 heterocycles. The van der Waals surface area contributed by atoms with Gasteiger partial charge < -0.3 is 15.2 Å². The summed E-state index contributed by atoms with van der Waals surface area (Å²) < 4.78 is 13.1. The molecule has 0 bridgehead atoms. The normalized spacial score (nSPS) is 13.5. The molecule has 5 nitrogen and oxygen atoms in total. The van der Waals surface area contributed by atoms with Crippen LogP contribution in [-0.4, -0.2) is 23.0 Å². The number of anilines is 1. The van der Waals surface area contributed by atoms with E-state index >= 15 is 0 Å². The number of ether oxygens (including phenoxy) is 2. The molecule has 4 rings (SSSR count). The van der Waals surface area contributed by atoms with Gasteiger partial charge >= 0.3 is 0 Å². The van der Waals surface area contributed by atoms with Gasteiger partial charge in [-0.25, -0.2) is 0 Å². The van der Waals surface area contributed by atoms with E-state index in [1.807, 2.05) is 41.2 Å². The molecule has 0 fully saturated rings. The minimum atomic E-state index is 0.565. The smallest absolute Gasteiger partial charge is 0.163 e. The fourth-order valence-electron chi connectivity index (χ4n) is 2.60. The van der Waals surface area contributed by atoms with Crippen LogP contribution in [0.1, 0.15) is 5.56 Å². The summed E-state index contributed by atoms with van der Waals surface area (Å²) >= 11 is 0. The van der Waals surface area contributed by atoms with Gasteiger partial charge in [-0.05, 0) is 12.1 Å². The molecule has 0 spiro atoms. The van der Waals surface area contributed by atoms with Gasteiger partial charge in [0.1, 0.15) is 13.2 Å². The second-order valence-electron chi connectivity index (χ2n) is 5.06. The number of rotatable bonds is 2. The van der Waals surface area contributed by atoms with Crippen LogP contribution in [0.5, 0.6) is 11.5 Å². The lowest BCUT2D eigenvalue weighted by molar-refractivity contribution is 0.171. The molecule has 0 atom stereocenters. The Balaban J connectivity index is 1.74. The molecule has 2 aromatic carbocycles. The van der Waals surface area contributed by atoms with Crippen molar-refractivity contribution >= 4 is 16.6 Å². The molecular formula is C16H15N3O2. The van der Waals surface area contributed by atoms with E-state index in [0.29, 0.717) is 31.2 Å². The molecule has 1 aromatic heterocycles. The Morgan fingerprint density at radius 2 is 1.86 bits per heavy atom. The van der Waals surface area contributed by atoms with E-state index in [1.165, 1.54) is 0 Å². The summed E-state index contributed by atoms with van der Waals surface area (Å²) in [4.78, 5) is 0. The van der Waals surface area contributed by atoms with Crippen molar-refractivity contribution in [3.8, 4) is 11.5 Å². The molecule has 0 saturated carbocycles. The first-order valence-corrected chi connectivity index (χ1v) is 6.90. The van der Waals surface area contributed by atoms with Gasteiger partial charge in [-0.15, -0.1) is 0 Å². The van der Waals surface area contributed by atoms with Crippen molar-refractivity contribution < 1.29 is 9.47 Å². The Bertz CT molecular complexity index is 810. The monoisotopic (exact) mass is 281 g/mol. The third-order valence-electron chi connectivity index (χ3n) is 3.68. The maximum Gasteiger partial charge on any atom is 0.163 e. The lowest BCUT2D eigenvalue weighted by Crippen LogP contribution is -2.16. The summed E-state index contributed by atoms with van der Waals surface area (Å²) in [7, 11) is 0. The molecule has 0 amide bonds. The third-order valence-corrected chi connectivity index (χ3v) is 3.68. The van der Waals surface area contributed by atoms with Crippen molar-refractivity contribution in [2.45, 2.75) is 6.54 Å². The Morgan fingerprint density at radius 3 is 2.71 bits per heavy atom. The highest BCUT2D eigenvalue weighted by atomic mass is 16.6. The van der Waals surface area contributed by atoms with Gasteiger partial charge in [-0.1, -0.05) is 18.2 Å². The van der Waals surface area contributed by atoms with E-state index in [9.17, 15) is 0 Å². The van der Waals surface area contributed by atoms with Crippen LogP contribution in [0.3, 0.4) is 0 Å². The van der Waals surface area contributed by atoms with Crippen LogP contribution < -0.4 is 15.2 Å². The molecule has 1 aliphatic heterocycles. The van der Waals surface area contributed by atoms with Crippen LogP contribution in [0.4, 0.5) is 5.69 Å². The van der Waals surface area contributed by atoms with Gasteiger partial charge in [0, 0.05) is 22.7 Å². The van der Waals surface area contributed by atoms with Crippen LogP contribution in [0.2, 0.25) is 0 Å². The number of hydrogen-bond acceptors (Lipinski definition) is 4. The van der Waals surface area contributed by atoms with Gasteiger partial charge in [0.05, 0.1) is 18.3 Å². The maximum absolute atomic E-state index is 6.13.